The third-order valence-corrected chi connectivity index (χ3v) is 4.55. The smallest absolute Gasteiger partial charge is 0.122 e. The number of phenols is 1. The maximum absolute atomic E-state index is 10.2. The van der Waals surface area contributed by atoms with Gasteiger partial charge in [-0.25, -0.2) is 0 Å². The monoisotopic (exact) mass is 290 g/mol. The number of aromatic hydroxyl groups is 1. The van der Waals surface area contributed by atoms with Crippen LogP contribution in [-0.4, -0.2) is 17.7 Å². The maximum Gasteiger partial charge on any atom is 0.122 e. The van der Waals surface area contributed by atoms with Crippen molar-refractivity contribution < 1.29 is 5.11 Å². The third-order valence-electron chi connectivity index (χ3n) is 4.55. The largest absolute Gasteiger partial charge is 0.508 e. The molecule has 3 nitrogen and oxygen atoms in total. The normalized spacial score (nSPS) is 17.4. The summed E-state index contributed by atoms with van der Waals surface area (Å²) in [6.45, 7) is 7.51. The number of phenolic OH excluding ortho intramolecular Hbond substituents is 1. The van der Waals surface area contributed by atoms with E-state index >= 15 is 0 Å². The Bertz CT molecular complexity index is 451. The van der Waals surface area contributed by atoms with Gasteiger partial charge in [-0.3, -0.25) is 0 Å². The van der Waals surface area contributed by atoms with Gasteiger partial charge < -0.3 is 15.7 Å². The van der Waals surface area contributed by atoms with E-state index in [0.29, 0.717) is 17.7 Å². The van der Waals surface area contributed by atoms with Crippen LogP contribution in [0, 0.1) is 5.92 Å². The van der Waals surface area contributed by atoms with Gasteiger partial charge in [0, 0.05) is 35.9 Å². The quantitative estimate of drug-likeness (QED) is 0.825. The average molecular weight is 290 g/mol. The van der Waals surface area contributed by atoms with Gasteiger partial charge in [-0.2, -0.15) is 0 Å². The summed E-state index contributed by atoms with van der Waals surface area (Å²) in [5.74, 6) is 1.03. The molecule has 1 saturated carbocycles. The number of benzene rings is 1. The highest BCUT2D eigenvalue weighted by atomic mass is 16.3. The predicted octanol–water partition coefficient (Wildman–Crippen LogP) is 4.21. The Morgan fingerprint density at radius 3 is 2.43 bits per heavy atom. The second kappa shape index (κ2) is 7.17. The number of rotatable bonds is 6. The van der Waals surface area contributed by atoms with Crippen LogP contribution < -0.4 is 10.6 Å². The van der Waals surface area contributed by atoms with Crippen molar-refractivity contribution in [2.24, 2.45) is 11.7 Å². The molecule has 3 N–H and O–H groups in total. The van der Waals surface area contributed by atoms with Crippen molar-refractivity contribution >= 4 is 5.69 Å². The van der Waals surface area contributed by atoms with Gasteiger partial charge in [0.1, 0.15) is 5.75 Å². The lowest BCUT2D eigenvalue weighted by atomic mass is 10.0. The van der Waals surface area contributed by atoms with Crippen molar-refractivity contribution in [3.05, 3.63) is 23.8 Å². The van der Waals surface area contributed by atoms with Gasteiger partial charge in [0.05, 0.1) is 0 Å². The summed E-state index contributed by atoms with van der Waals surface area (Å²) in [4.78, 5) is 2.50. The summed E-state index contributed by atoms with van der Waals surface area (Å²) < 4.78 is 0. The van der Waals surface area contributed by atoms with E-state index in [9.17, 15) is 5.11 Å². The standard InChI is InChI=1S/C18H30N2O/c1-13(2)10-11-20(15-6-4-5-7-15)16-8-9-17(14(3)19)18(21)12-16/h8-9,12-15,21H,4-7,10-11,19H2,1-3H3. The van der Waals surface area contributed by atoms with Crippen LogP contribution in [0.15, 0.2) is 18.2 Å². The zero-order chi connectivity index (χ0) is 15.4. The van der Waals surface area contributed by atoms with Crippen LogP contribution in [-0.2, 0) is 0 Å². The van der Waals surface area contributed by atoms with Crippen molar-refractivity contribution in [3.8, 4) is 5.75 Å². The minimum Gasteiger partial charge on any atom is -0.508 e. The highest BCUT2D eigenvalue weighted by Gasteiger charge is 2.23. The topological polar surface area (TPSA) is 49.5 Å². The van der Waals surface area contributed by atoms with Gasteiger partial charge in [-0.1, -0.05) is 32.8 Å². The number of hydrogen-bond acceptors (Lipinski definition) is 3. The molecular weight excluding hydrogens is 260 g/mol. The van der Waals surface area contributed by atoms with Gasteiger partial charge in [0.25, 0.3) is 0 Å². The molecule has 0 radical (unpaired) electrons. The van der Waals surface area contributed by atoms with Gasteiger partial charge >= 0.3 is 0 Å². The fourth-order valence-electron chi connectivity index (χ4n) is 3.23. The van der Waals surface area contributed by atoms with Crippen molar-refractivity contribution in [2.75, 3.05) is 11.4 Å². The van der Waals surface area contributed by atoms with Crippen molar-refractivity contribution in [2.45, 2.75) is 65.0 Å². The van der Waals surface area contributed by atoms with E-state index in [0.717, 1.165) is 17.8 Å². The zero-order valence-electron chi connectivity index (χ0n) is 13.7. The van der Waals surface area contributed by atoms with Gasteiger partial charge in [-0.15, -0.1) is 0 Å². The molecule has 21 heavy (non-hydrogen) atoms. The molecule has 3 heteroatoms. The van der Waals surface area contributed by atoms with Crippen LogP contribution in [0.2, 0.25) is 0 Å². The second-order valence-electron chi connectivity index (χ2n) is 6.85. The fraction of sp³-hybridized carbons (Fsp3) is 0.667. The minimum atomic E-state index is -0.130. The Kier molecular flexibility index (Phi) is 5.51. The molecule has 0 saturated heterocycles. The van der Waals surface area contributed by atoms with Crippen LogP contribution in [0.1, 0.15) is 64.5 Å². The summed E-state index contributed by atoms with van der Waals surface area (Å²) in [6.07, 6.45) is 6.38. The molecule has 1 fully saturated rings. The number of nitrogens with zero attached hydrogens (tertiary/aromatic N) is 1. The second-order valence-corrected chi connectivity index (χ2v) is 6.85. The van der Waals surface area contributed by atoms with Gasteiger partial charge in [-0.05, 0) is 38.2 Å². The first-order valence-corrected chi connectivity index (χ1v) is 8.34. The van der Waals surface area contributed by atoms with E-state index in [2.05, 4.69) is 24.8 Å². The molecule has 0 bridgehead atoms. The SMILES string of the molecule is CC(C)CCN(c1ccc(C(C)N)c(O)c1)C1CCCC1. The fourth-order valence-corrected chi connectivity index (χ4v) is 3.23. The molecular formula is C18H30N2O. The van der Waals surface area contributed by atoms with Gasteiger partial charge in [0.2, 0.25) is 0 Å². The summed E-state index contributed by atoms with van der Waals surface area (Å²) >= 11 is 0. The van der Waals surface area contributed by atoms with E-state index in [-0.39, 0.29) is 6.04 Å². The molecule has 2 rings (SSSR count). The third kappa shape index (κ3) is 4.13. The van der Waals surface area contributed by atoms with Crippen molar-refractivity contribution in [1.82, 2.24) is 0 Å². The molecule has 1 aliphatic rings. The maximum atomic E-state index is 10.2. The van der Waals surface area contributed by atoms with E-state index < -0.39 is 0 Å². The molecule has 1 aliphatic carbocycles. The molecule has 0 heterocycles. The molecule has 118 valence electrons. The number of hydrogen-bond donors (Lipinski definition) is 2. The molecule has 0 aromatic heterocycles. The van der Waals surface area contributed by atoms with Crippen LogP contribution >= 0.6 is 0 Å². The summed E-state index contributed by atoms with van der Waals surface area (Å²) in [6, 6.07) is 6.50. The Balaban J connectivity index is 2.20. The predicted molar refractivity (Wildman–Crippen MR) is 89.8 cm³/mol. The summed E-state index contributed by atoms with van der Waals surface area (Å²) in [5.41, 5.74) is 7.86. The molecule has 1 unspecified atom stereocenters. The zero-order valence-corrected chi connectivity index (χ0v) is 13.7. The van der Waals surface area contributed by atoms with Crippen LogP contribution in [0.4, 0.5) is 5.69 Å². The van der Waals surface area contributed by atoms with Crippen LogP contribution in [0.3, 0.4) is 0 Å². The Morgan fingerprint density at radius 1 is 1.24 bits per heavy atom. The van der Waals surface area contributed by atoms with Crippen molar-refractivity contribution in [3.63, 3.8) is 0 Å². The van der Waals surface area contributed by atoms with E-state index in [1.807, 2.05) is 19.1 Å². The van der Waals surface area contributed by atoms with Crippen LogP contribution in [0.25, 0.3) is 0 Å². The van der Waals surface area contributed by atoms with Crippen molar-refractivity contribution in [1.29, 1.82) is 0 Å². The first-order chi connectivity index (χ1) is 9.99. The molecule has 1 aromatic carbocycles. The first-order valence-electron chi connectivity index (χ1n) is 8.34. The lowest BCUT2D eigenvalue weighted by Gasteiger charge is -2.32. The summed E-state index contributed by atoms with van der Waals surface area (Å²) in [7, 11) is 0. The molecule has 0 spiro atoms. The van der Waals surface area contributed by atoms with E-state index in [1.165, 1.54) is 32.1 Å². The Hall–Kier alpha value is -1.22. The molecule has 1 aromatic rings. The lowest BCUT2D eigenvalue weighted by molar-refractivity contribution is 0.462. The summed E-state index contributed by atoms with van der Waals surface area (Å²) in [5, 5.41) is 10.2. The minimum absolute atomic E-state index is 0.130. The molecule has 0 aliphatic heterocycles. The highest BCUT2D eigenvalue weighted by Crippen LogP contribution is 2.33. The number of nitrogens with two attached hydrogens (primary N) is 1. The first kappa shape index (κ1) is 16.2. The molecule has 1 atom stereocenters. The number of anilines is 1. The van der Waals surface area contributed by atoms with E-state index in [4.69, 9.17) is 5.73 Å². The highest BCUT2D eigenvalue weighted by molar-refractivity contribution is 5.54. The van der Waals surface area contributed by atoms with Crippen LogP contribution in [0.5, 0.6) is 5.75 Å². The lowest BCUT2D eigenvalue weighted by Crippen LogP contribution is -2.34. The Labute approximate surface area is 129 Å². The van der Waals surface area contributed by atoms with E-state index in [1.54, 1.807) is 0 Å². The molecule has 0 amide bonds. The Morgan fingerprint density at radius 2 is 1.90 bits per heavy atom. The average Bonchev–Trinajstić information content (AvgIpc) is 2.92. The van der Waals surface area contributed by atoms with Gasteiger partial charge in [0.15, 0.2) is 0 Å².